The van der Waals surface area contributed by atoms with Gasteiger partial charge in [0.1, 0.15) is 0 Å². The fourth-order valence-corrected chi connectivity index (χ4v) is 2.91. The lowest BCUT2D eigenvalue weighted by molar-refractivity contribution is 0.308. The van der Waals surface area contributed by atoms with Gasteiger partial charge in [0.05, 0.1) is 0 Å². The molecule has 0 radical (unpaired) electrons. The number of rotatable bonds is 3. The summed E-state index contributed by atoms with van der Waals surface area (Å²) in [5, 5.41) is 0.797. The number of benzene rings is 1. The van der Waals surface area contributed by atoms with E-state index in [0.717, 1.165) is 29.1 Å². The zero-order chi connectivity index (χ0) is 12.4. The molecule has 2 atom stereocenters. The van der Waals surface area contributed by atoms with Crippen LogP contribution in [0, 0.1) is 5.92 Å². The summed E-state index contributed by atoms with van der Waals surface area (Å²) in [5.41, 5.74) is 7.20. The lowest BCUT2D eigenvalue weighted by Gasteiger charge is -2.18. The molecule has 0 saturated carbocycles. The fourth-order valence-electron chi connectivity index (χ4n) is 2.34. The highest BCUT2D eigenvalue weighted by Gasteiger charge is 2.25. The fraction of sp³-hybridized carbons (Fsp3) is 0.538. The predicted octanol–water partition coefficient (Wildman–Crippen LogP) is 3.27. The summed E-state index contributed by atoms with van der Waals surface area (Å²) < 4.78 is 1.13. The molecule has 0 amide bonds. The minimum atomic E-state index is 0.294. The van der Waals surface area contributed by atoms with Crippen LogP contribution in [0.4, 0.5) is 0 Å². The van der Waals surface area contributed by atoms with Gasteiger partial charge in [0.2, 0.25) is 0 Å². The number of likely N-dealkylation sites (tertiary alicyclic amines) is 1. The Bertz CT molecular complexity index is 395. The average molecular weight is 318 g/mol. The quantitative estimate of drug-likeness (QED) is 0.927. The van der Waals surface area contributed by atoms with Gasteiger partial charge >= 0.3 is 0 Å². The lowest BCUT2D eigenvalue weighted by Crippen LogP contribution is -2.29. The van der Waals surface area contributed by atoms with Crippen LogP contribution >= 0.6 is 27.5 Å². The van der Waals surface area contributed by atoms with Gasteiger partial charge in [0, 0.05) is 28.6 Å². The summed E-state index contributed by atoms with van der Waals surface area (Å²) >= 11 is 9.59. The molecule has 1 fully saturated rings. The van der Waals surface area contributed by atoms with E-state index in [1.54, 1.807) is 0 Å². The van der Waals surface area contributed by atoms with Crippen LogP contribution in [0.3, 0.4) is 0 Å². The zero-order valence-corrected chi connectivity index (χ0v) is 12.3. The summed E-state index contributed by atoms with van der Waals surface area (Å²) in [4.78, 5) is 2.45. The smallest absolute Gasteiger partial charge is 0.0410 e. The minimum absolute atomic E-state index is 0.294. The van der Waals surface area contributed by atoms with Gasteiger partial charge < -0.3 is 5.73 Å². The van der Waals surface area contributed by atoms with Gasteiger partial charge in [-0.3, -0.25) is 4.90 Å². The van der Waals surface area contributed by atoms with Crippen molar-refractivity contribution in [3.8, 4) is 0 Å². The van der Waals surface area contributed by atoms with Gasteiger partial charge in [-0.05, 0) is 49.6 Å². The molecule has 1 aliphatic rings. The van der Waals surface area contributed by atoms with Crippen LogP contribution in [0.25, 0.3) is 0 Å². The van der Waals surface area contributed by atoms with Crippen molar-refractivity contribution < 1.29 is 0 Å². The highest BCUT2D eigenvalue weighted by molar-refractivity contribution is 9.10. The Morgan fingerprint density at radius 3 is 3.00 bits per heavy atom. The molecule has 0 aliphatic carbocycles. The maximum Gasteiger partial charge on any atom is 0.0410 e. The van der Waals surface area contributed by atoms with Crippen LogP contribution < -0.4 is 5.73 Å². The molecule has 2 nitrogen and oxygen atoms in total. The van der Waals surface area contributed by atoms with E-state index in [0.29, 0.717) is 12.0 Å². The van der Waals surface area contributed by atoms with E-state index in [9.17, 15) is 0 Å². The Balaban J connectivity index is 2.00. The first-order valence-electron chi connectivity index (χ1n) is 5.98. The van der Waals surface area contributed by atoms with Crippen LogP contribution in [-0.2, 0) is 6.54 Å². The van der Waals surface area contributed by atoms with E-state index < -0.39 is 0 Å². The number of hydrogen-bond donors (Lipinski definition) is 1. The molecule has 94 valence electrons. The summed E-state index contributed by atoms with van der Waals surface area (Å²) in [6.45, 7) is 5.27. The minimum Gasteiger partial charge on any atom is -0.328 e. The average Bonchev–Trinajstić information content (AvgIpc) is 2.72. The van der Waals surface area contributed by atoms with Crippen molar-refractivity contribution in [1.82, 2.24) is 4.90 Å². The second kappa shape index (κ2) is 5.70. The summed E-state index contributed by atoms with van der Waals surface area (Å²) in [6.07, 6.45) is 1.20. The molecule has 0 spiro atoms. The van der Waals surface area contributed by atoms with Crippen molar-refractivity contribution in [3.05, 3.63) is 33.3 Å². The normalized spacial score (nSPS) is 22.9. The summed E-state index contributed by atoms with van der Waals surface area (Å²) in [5.74, 6) is 0.632. The van der Waals surface area contributed by atoms with Crippen molar-refractivity contribution in [2.24, 2.45) is 11.7 Å². The number of hydrogen-bond acceptors (Lipinski definition) is 2. The standard InChI is InChI=1S/C13H18BrClN2/c1-9(16)10-4-5-17(7-10)8-11-6-12(15)2-3-13(11)14/h2-3,6,9-10H,4-5,7-8,16H2,1H3. The van der Waals surface area contributed by atoms with Crippen molar-refractivity contribution in [2.45, 2.75) is 25.9 Å². The zero-order valence-electron chi connectivity index (χ0n) is 10.00. The van der Waals surface area contributed by atoms with Crippen molar-refractivity contribution in [2.75, 3.05) is 13.1 Å². The third-order valence-electron chi connectivity index (χ3n) is 3.45. The van der Waals surface area contributed by atoms with E-state index in [2.05, 4.69) is 27.8 Å². The Morgan fingerprint density at radius 2 is 2.35 bits per heavy atom. The Kier molecular flexibility index (Phi) is 4.47. The molecule has 1 aliphatic heterocycles. The van der Waals surface area contributed by atoms with Gasteiger partial charge in [0.25, 0.3) is 0 Å². The van der Waals surface area contributed by atoms with Crippen LogP contribution in [-0.4, -0.2) is 24.0 Å². The lowest BCUT2D eigenvalue weighted by atomic mass is 10.0. The van der Waals surface area contributed by atoms with Crippen molar-refractivity contribution in [1.29, 1.82) is 0 Å². The molecule has 4 heteroatoms. The first-order chi connectivity index (χ1) is 8.06. The molecular formula is C13H18BrClN2. The van der Waals surface area contributed by atoms with E-state index in [1.807, 2.05) is 18.2 Å². The van der Waals surface area contributed by atoms with Crippen molar-refractivity contribution in [3.63, 3.8) is 0 Å². The maximum atomic E-state index is 6.02. The summed E-state index contributed by atoms with van der Waals surface area (Å²) in [7, 11) is 0. The van der Waals surface area contributed by atoms with E-state index >= 15 is 0 Å². The van der Waals surface area contributed by atoms with Gasteiger partial charge in [-0.2, -0.15) is 0 Å². The molecule has 1 saturated heterocycles. The largest absolute Gasteiger partial charge is 0.328 e. The highest BCUT2D eigenvalue weighted by atomic mass is 79.9. The van der Waals surface area contributed by atoms with Gasteiger partial charge in [0.15, 0.2) is 0 Å². The van der Waals surface area contributed by atoms with Crippen LogP contribution in [0.2, 0.25) is 5.02 Å². The van der Waals surface area contributed by atoms with E-state index in [4.69, 9.17) is 17.3 Å². The SMILES string of the molecule is CC(N)C1CCN(Cc2cc(Cl)ccc2Br)C1. The monoisotopic (exact) mass is 316 g/mol. The second-order valence-corrected chi connectivity index (χ2v) is 6.17. The van der Waals surface area contributed by atoms with Crippen LogP contribution in [0.15, 0.2) is 22.7 Å². The number of nitrogens with two attached hydrogens (primary N) is 1. The van der Waals surface area contributed by atoms with E-state index in [-0.39, 0.29) is 0 Å². The van der Waals surface area contributed by atoms with Gasteiger partial charge in [-0.25, -0.2) is 0 Å². The molecule has 2 rings (SSSR count). The molecule has 1 heterocycles. The van der Waals surface area contributed by atoms with E-state index in [1.165, 1.54) is 12.0 Å². The van der Waals surface area contributed by atoms with Crippen LogP contribution in [0.5, 0.6) is 0 Å². The Hall–Kier alpha value is -0.0900. The van der Waals surface area contributed by atoms with Gasteiger partial charge in [-0.15, -0.1) is 0 Å². The number of nitrogens with zero attached hydrogens (tertiary/aromatic N) is 1. The maximum absolute atomic E-state index is 6.02. The number of halogens is 2. The Labute approximate surface area is 116 Å². The summed E-state index contributed by atoms with van der Waals surface area (Å²) in [6, 6.07) is 6.24. The molecule has 2 unspecified atom stereocenters. The van der Waals surface area contributed by atoms with Gasteiger partial charge in [-0.1, -0.05) is 27.5 Å². The topological polar surface area (TPSA) is 29.3 Å². The first kappa shape index (κ1) is 13.3. The second-order valence-electron chi connectivity index (χ2n) is 4.88. The Morgan fingerprint density at radius 1 is 1.59 bits per heavy atom. The molecule has 0 bridgehead atoms. The third-order valence-corrected chi connectivity index (χ3v) is 4.46. The predicted molar refractivity (Wildman–Crippen MR) is 76.2 cm³/mol. The molecule has 1 aromatic rings. The van der Waals surface area contributed by atoms with Crippen molar-refractivity contribution >= 4 is 27.5 Å². The molecular weight excluding hydrogens is 300 g/mol. The third kappa shape index (κ3) is 3.44. The molecule has 1 aromatic carbocycles. The highest BCUT2D eigenvalue weighted by Crippen LogP contribution is 2.26. The molecule has 2 N–H and O–H groups in total. The first-order valence-corrected chi connectivity index (χ1v) is 7.15. The molecule has 0 aromatic heterocycles. The van der Waals surface area contributed by atoms with Crippen LogP contribution in [0.1, 0.15) is 18.9 Å². The molecule has 17 heavy (non-hydrogen) atoms.